The number of anilines is 1. The van der Waals surface area contributed by atoms with Crippen LogP contribution in [0.2, 0.25) is 0 Å². The lowest BCUT2D eigenvalue weighted by Gasteiger charge is -2.08. The summed E-state index contributed by atoms with van der Waals surface area (Å²) in [5.74, 6) is 1.98. The minimum Gasteiger partial charge on any atom is -0.384 e. The number of hydrogen-bond acceptors (Lipinski definition) is 2. The van der Waals surface area contributed by atoms with E-state index in [4.69, 9.17) is 4.98 Å². The van der Waals surface area contributed by atoms with Crippen molar-refractivity contribution in [2.75, 3.05) is 11.9 Å². The highest BCUT2D eigenvalue weighted by Gasteiger charge is 2.23. The third-order valence-corrected chi connectivity index (χ3v) is 4.57. The average Bonchev–Trinajstić information content (AvgIpc) is 3.07. The molecule has 0 unspecified atom stereocenters. The standard InChI is InChI=1S/C15H19N3/c1-18-14-9-12-11(6-7-16-12)8-13(14)17-15(18)10-4-2-3-5-10/h8-10,16H,2-7H2,1H3. The second-order valence-electron chi connectivity index (χ2n) is 5.69. The number of fused-ring (bicyclic) bond motifs is 2. The van der Waals surface area contributed by atoms with Crippen LogP contribution >= 0.6 is 0 Å². The van der Waals surface area contributed by atoms with Crippen molar-refractivity contribution in [3.63, 3.8) is 0 Å². The summed E-state index contributed by atoms with van der Waals surface area (Å²) in [7, 11) is 2.17. The summed E-state index contributed by atoms with van der Waals surface area (Å²) in [5.41, 5.74) is 5.20. The van der Waals surface area contributed by atoms with Gasteiger partial charge in [-0.3, -0.25) is 0 Å². The molecule has 0 radical (unpaired) electrons. The Labute approximate surface area is 107 Å². The number of aromatic nitrogens is 2. The Morgan fingerprint density at radius 2 is 2.11 bits per heavy atom. The summed E-state index contributed by atoms with van der Waals surface area (Å²) in [6.45, 7) is 1.07. The first-order chi connectivity index (χ1) is 8.83. The molecule has 3 heteroatoms. The van der Waals surface area contributed by atoms with Crippen LogP contribution in [0.3, 0.4) is 0 Å². The van der Waals surface area contributed by atoms with Crippen molar-refractivity contribution in [3.8, 4) is 0 Å². The summed E-state index contributed by atoms with van der Waals surface area (Å²) >= 11 is 0. The molecule has 1 aromatic carbocycles. The van der Waals surface area contributed by atoms with Gasteiger partial charge in [-0.05, 0) is 37.0 Å². The van der Waals surface area contributed by atoms with Gasteiger partial charge in [-0.15, -0.1) is 0 Å². The molecule has 0 spiro atoms. The number of benzene rings is 1. The Hall–Kier alpha value is -1.51. The third-order valence-electron chi connectivity index (χ3n) is 4.57. The molecular weight excluding hydrogens is 222 g/mol. The fraction of sp³-hybridized carbons (Fsp3) is 0.533. The third kappa shape index (κ3) is 1.39. The van der Waals surface area contributed by atoms with E-state index < -0.39 is 0 Å². The molecule has 2 aromatic rings. The van der Waals surface area contributed by atoms with Gasteiger partial charge in [0, 0.05) is 25.2 Å². The van der Waals surface area contributed by atoms with E-state index in [1.807, 2.05) is 0 Å². The molecule has 1 aliphatic carbocycles. The monoisotopic (exact) mass is 241 g/mol. The molecule has 1 saturated carbocycles. The normalized spacial score (nSPS) is 19.4. The molecule has 1 aromatic heterocycles. The lowest BCUT2D eigenvalue weighted by molar-refractivity contribution is 0.639. The van der Waals surface area contributed by atoms with Crippen LogP contribution in [0.25, 0.3) is 11.0 Å². The maximum absolute atomic E-state index is 4.91. The first-order valence-electron chi connectivity index (χ1n) is 7.06. The molecule has 0 bridgehead atoms. The van der Waals surface area contributed by atoms with Gasteiger partial charge < -0.3 is 9.88 Å². The minimum absolute atomic E-state index is 0.685. The van der Waals surface area contributed by atoms with E-state index in [0.29, 0.717) is 5.92 Å². The molecule has 1 aliphatic heterocycles. The van der Waals surface area contributed by atoms with Gasteiger partial charge in [0.1, 0.15) is 5.82 Å². The number of nitrogens with zero attached hydrogens (tertiary/aromatic N) is 2. The molecule has 2 heterocycles. The molecular formula is C15H19N3. The van der Waals surface area contributed by atoms with Crippen molar-refractivity contribution in [1.82, 2.24) is 9.55 Å². The lowest BCUT2D eigenvalue weighted by atomic mass is 10.1. The number of imidazole rings is 1. The quantitative estimate of drug-likeness (QED) is 0.831. The number of aryl methyl sites for hydroxylation is 1. The topological polar surface area (TPSA) is 29.9 Å². The molecule has 94 valence electrons. The van der Waals surface area contributed by atoms with Gasteiger partial charge in [-0.25, -0.2) is 4.98 Å². The van der Waals surface area contributed by atoms with E-state index in [1.165, 1.54) is 53.8 Å². The van der Waals surface area contributed by atoms with E-state index in [-0.39, 0.29) is 0 Å². The largest absolute Gasteiger partial charge is 0.384 e. The Morgan fingerprint density at radius 3 is 2.94 bits per heavy atom. The van der Waals surface area contributed by atoms with E-state index in [2.05, 4.69) is 29.1 Å². The zero-order valence-corrected chi connectivity index (χ0v) is 10.9. The van der Waals surface area contributed by atoms with Gasteiger partial charge in [-0.1, -0.05) is 12.8 Å². The van der Waals surface area contributed by atoms with Crippen LogP contribution in [0.4, 0.5) is 5.69 Å². The van der Waals surface area contributed by atoms with Gasteiger partial charge in [0.05, 0.1) is 11.0 Å². The Kier molecular flexibility index (Phi) is 2.16. The zero-order chi connectivity index (χ0) is 12.1. The average molecular weight is 241 g/mol. The predicted molar refractivity (Wildman–Crippen MR) is 74.1 cm³/mol. The summed E-state index contributed by atoms with van der Waals surface area (Å²) in [6.07, 6.45) is 6.50. The first-order valence-corrected chi connectivity index (χ1v) is 7.06. The summed E-state index contributed by atoms with van der Waals surface area (Å²) < 4.78 is 2.31. The lowest BCUT2D eigenvalue weighted by Crippen LogP contribution is -2.02. The fourth-order valence-electron chi connectivity index (χ4n) is 3.55. The highest BCUT2D eigenvalue weighted by atomic mass is 15.1. The van der Waals surface area contributed by atoms with Gasteiger partial charge >= 0.3 is 0 Å². The van der Waals surface area contributed by atoms with E-state index in [1.54, 1.807) is 0 Å². The van der Waals surface area contributed by atoms with Crippen molar-refractivity contribution < 1.29 is 0 Å². The minimum atomic E-state index is 0.685. The maximum Gasteiger partial charge on any atom is 0.112 e. The van der Waals surface area contributed by atoms with Gasteiger partial charge in [-0.2, -0.15) is 0 Å². The smallest absolute Gasteiger partial charge is 0.112 e. The van der Waals surface area contributed by atoms with Crippen molar-refractivity contribution in [1.29, 1.82) is 0 Å². The van der Waals surface area contributed by atoms with Crippen LogP contribution in [-0.4, -0.2) is 16.1 Å². The van der Waals surface area contributed by atoms with E-state index in [9.17, 15) is 0 Å². The predicted octanol–water partition coefficient (Wildman–Crippen LogP) is 3.20. The SMILES string of the molecule is Cn1c(C2CCCC2)nc2cc3c(cc21)NCC3. The molecule has 3 nitrogen and oxygen atoms in total. The Bertz CT molecular complexity index is 606. The molecule has 18 heavy (non-hydrogen) atoms. The van der Waals surface area contributed by atoms with Crippen LogP contribution in [0.1, 0.15) is 43.0 Å². The Morgan fingerprint density at radius 1 is 1.28 bits per heavy atom. The molecule has 0 atom stereocenters. The summed E-state index contributed by atoms with van der Waals surface area (Å²) in [4.78, 5) is 4.91. The van der Waals surface area contributed by atoms with Gasteiger partial charge in [0.15, 0.2) is 0 Å². The van der Waals surface area contributed by atoms with Crippen LogP contribution in [-0.2, 0) is 13.5 Å². The highest BCUT2D eigenvalue weighted by Crippen LogP contribution is 2.36. The molecule has 1 fully saturated rings. The maximum atomic E-state index is 4.91. The highest BCUT2D eigenvalue weighted by molar-refractivity contribution is 5.83. The van der Waals surface area contributed by atoms with Crippen LogP contribution in [0.5, 0.6) is 0 Å². The van der Waals surface area contributed by atoms with Crippen molar-refractivity contribution >= 4 is 16.7 Å². The second-order valence-corrected chi connectivity index (χ2v) is 5.69. The first kappa shape index (κ1) is 10.4. The van der Waals surface area contributed by atoms with Gasteiger partial charge in [0.25, 0.3) is 0 Å². The van der Waals surface area contributed by atoms with Crippen LogP contribution in [0.15, 0.2) is 12.1 Å². The number of rotatable bonds is 1. The molecule has 0 amide bonds. The molecule has 2 aliphatic rings. The number of hydrogen-bond donors (Lipinski definition) is 1. The number of nitrogens with one attached hydrogen (secondary N) is 1. The van der Waals surface area contributed by atoms with E-state index >= 15 is 0 Å². The van der Waals surface area contributed by atoms with Crippen molar-refractivity contribution in [2.45, 2.75) is 38.0 Å². The van der Waals surface area contributed by atoms with Crippen LogP contribution in [0, 0.1) is 0 Å². The Balaban J connectivity index is 1.88. The molecule has 4 rings (SSSR count). The fourth-order valence-corrected chi connectivity index (χ4v) is 3.55. The summed E-state index contributed by atoms with van der Waals surface area (Å²) in [5, 5.41) is 3.46. The summed E-state index contributed by atoms with van der Waals surface area (Å²) in [6, 6.07) is 4.56. The molecule has 1 N–H and O–H groups in total. The second kappa shape index (κ2) is 3.74. The van der Waals surface area contributed by atoms with Crippen molar-refractivity contribution in [3.05, 3.63) is 23.5 Å². The van der Waals surface area contributed by atoms with Crippen molar-refractivity contribution in [2.24, 2.45) is 7.05 Å². The van der Waals surface area contributed by atoms with Gasteiger partial charge in [0.2, 0.25) is 0 Å². The van der Waals surface area contributed by atoms with Crippen LogP contribution < -0.4 is 5.32 Å². The zero-order valence-electron chi connectivity index (χ0n) is 10.9. The van der Waals surface area contributed by atoms with E-state index in [0.717, 1.165) is 13.0 Å². The molecule has 0 saturated heterocycles.